The van der Waals surface area contributed by atoms with Crippen LogP contribution in [0.15, 0.2) is 33.9 Å². The highest BCUT2D eigenvalue weighted by molar-refractivity contribution is 5.94. The zero-order valence-electron chi connectivity index (χ0n) is 12.8. The van der Waals surface area contributed by atoms with E-state index in [1.807, 2.05) is 0 Å². The minimum absolute atomic E-state index is 0.145. The molecule has 0 saturated carbocycles. The molecule has 1 amide bonds. The Balaban J connectivity index is 2.49. The molecule has 0 fully saturated rings. The van der Waals surface area contributed by atoms with Crippen molar-refractivity contribution in [2.45, 2.75) is 0 Å². The molecule has 1 aromatic heterocycles. The first-order chi connectivity index (χ1) is 10.9. The Hall–Kier alpha value is -3.34. The van der Waals surface area contributed by atoms with Crippen LogP contribution in [-0.2, 0) is 14.1 Å². The molecular weight excluding hydrogens is 300 g/mol. The van der Waals surface area contributed by atoms with Gasteiger partial charge in [-0.2, -0.15) is 5.26 Å². The first-order valence-corrected chi connectivity index (χ1v) is 6.60. The average molecular weight is 314 g/mol. The fourth-order valence-corrected chi connectivity index (χ4v) is 1.97. The molecule has 23 heavy (non-hydrogen) atoms. The van der Waals surface area contributed by atoms with Crippen molar-refractivity contribution in [3.05, 3.63) is 56.2 Å². The zero-order valence-corrected chi connectivity index (χ0v) is 12.8. The number of amides is 1. The Morgan fingerprint density at radius 3 is 2.30 bits per heavy atom. The van der Waals surface area contributed by atoms with Crippen molar-refractivity contribution in [2.24, 2.45) is 14.1 Å². The highest BCUT2D eigenvalue weighted by Gasteiger charge is 2.17. The van der Waals surface area contributed by atoms with Crippen LogP contribution in [0.3, 0.4) is 0 Å². The summed E-state index contributed by atoms with van der Waals surface area (Å²) in [5, 5.41) is 11.6. The maximum absolute atomic E-state index is 12.0. The van der Waals surface area contributed by atoms with Gasteiger partial charge in [-0.3, -0.25) is 18.7 Å². The van der Waals surface area contributed by atoms with Crippen LogP contribution in [-0.4, -0.2) is 22.1 Å². The summed E-state index contributed by atoms with van der Waals surface area (Å²) in [6.07, 6.45) is 0. The van der Waals surface area contributed by atoms with E-state index in [0.717, 1.165) is 9.13 Å². The summed E-state index contributed by atoms with van der Waals surface area (Å²) in [6.45, 7) is 0. The number of ether oxygens (including phenoxy) is 1. The van der Waals surface area contributed by atoms with Crippen LogP contribution in [0.4, 0.5) is 0 Å². The lowest BCUT2D eigenvalue weighted by Crippen LogP contribution is -2.38. The summed E-state index contributed by atoms with van der Waals surface area (Å²) in [7, 11) is 4.20. The number of benzene rings is 1. The quantitative estimate of drug-likeness (QED) is 0.865. The first kappa shape index (κ1) is 16.0. The van der Waals surface area contributed by atoms with Gasteiger partial charge < -0.3 is 10.1 Å². The molecule has 0 aliphatic carbocycles. The molecule has 0 aliphatic heterocycles. The number of nitriles is 1. The molecule has 1 heterocycles. The fraction of sp³-hybridized carbons (Fsp3) is 0.200. The van der Waals surface area contributed by atoms with Crippen LogP contribution < -0.4 is 21.3 Å². The van der Waals surface area contributed by atoms with E-state index in [4.69, 9.17) is 10.00 Å². The van der Waals surface area contributed by atoms with Crippen LogP contribution in [0.1, 0.15) is 15.9 Å². The summed E-state index contributed by atoms with van der Waals surface area (Å²) in [5.74, 6) is -0.110. The van der Waals surface area contributed by atoms with E-state index < -0.39 is 11.2 Å². The van der Waals surface area contributed by atoms with Gasteiger partial charge in [-0.25, -0.2) is 4.79 Å². The van der Waals surface area contributed by atoms with Crippen molar-refractivity contribution in [2.75, 3.05) is 7.05 Å². The number of nitrogens with one attached hydrogen (secondary N) is 1. The van der Waals surface area contributed by atoms with Crippen molar-refractivity contribution in [1.29, 1.82) is 5.26 Å². The number of aromatic nitrogens is 2. The molecule has 2 aromatic rings. The van der Waals surface area contributed by atoms with Crippen LogP contribution in [0.5, 0.6) is 11.6 Å². The Morgan fingerprint density at radius 1 is 1.17 bits per heavy atom. The van der Waals surface area contributed by atoms with Crippen LogP contribution in [0.25, 0.3) is 0 Å². The average Bonchev–Trinajstić information content (AvgIpc) is 2.58. The Bertz CT molecular complexity index is 917. The SMILES string of the molecule is CNC(=O)c1ccc(Oc2c(C#N)c(=O)n(C)c(=O)n2C)cc1. The predicted octanol–water partition coefficient (Wildman–Crippen LogP) is 0.108. The number of nitrogens with zero attached hydrogens (tertiary/aromatic N) is 3. The first-order valence-electron chi connectivity index (χ1n) is 6.60. The minimum atomic E-state index is -0.729. The third-order valence-electron chi connectivity index (χ3n) is 3.28. The smallest absolute Gasteiger partial charge is 0.333 e. The van der Waals surface area contributed by atoms with Gasteiger partial charge in [0, 0.05) is 26.7 Å². The topological polar surface area (TPSA) is 106 Å². The summed E-state index contributed by atoms with van der Waals surface area (Å²) in [6, 6.07) is 7.82. The maximum atomic E-state index is 12.0. The summed E-state index contributed by atoms with van der Waals surface area (Å²) < 4.78 is 7.42. The number of carbonyl (C=O) groups is 1. The highest BCUT2D eigenvalue weighted by atomic mass is 16.5. The van der Waals surface area contributed by atoms with E-state index in [1.54, 1.807) is 6.07 Å². The van der Waals surface area contributed by atoms with Crippen molar-refractivity contribution in [1.82, 2.24) is 14.5 Å². The Morgan fingerprint density at radius 2 is 1.78 bits per heavy atom. The molecule has 0 aliphatic rings. The van der Waals surface area contributed by atoms with E-state index in [-0.39, 0.29) is 23.1 Å². The third-order valence-corrected chi connectivity index (χ3v) is 3.28. The van der Waals surface area contributed by atoms with Crippen LogP contribution in [0.2, 0.25) is 0 Å². The van der Waals surface area contributed by atoms with Gasteiger partial charge in [0.15, 0.2) is 5.56 Å². The summed E-state index contributed by atoms with van der Waals surface area (Å²) >= 11 is 0. The molecule has 8 heteroatoms. The molecule has 0 bridgehead atoms. The van der Waals surface area contributed by atoms with Gasteiger partial charge in [-0.15, -0.1) is 0 Å². The Kier molecular flexibility index (Phi) is 4.32. The number of rotatable bonds is 3. The van der Waals surface area contributed by atoms with Gasteiger partial charge in [0.25, 0.3) is 11.5 Å². The van der Waals surface area contributed by atoms with Gasteiger partial charge in [0.2, 0.25) is 5.88 Å². The number of carbonyl (C=O) groups excluding carboxylic acids is 1. The molecule has 118 valence electrons. The molecule has 0 spiro atoms. The van der Waals surface area contributed by atoms with Gasteiger partial charge >= 0.3 is 5.69 Å². The highest BCUT2D eigenvalue weighted by Crippen LogP contribution is 2.22. The van der Waals surface area contributed by atoms with Crippen molar-refractivity contribution < 1.29 is 9.53 Å². The lowest BCUT2D eigenvalue weighted by Gasteiger charge is -2.12. The van der Waals surface area contributed by atoms with E-state index in [1.165, 1.54) is 45.4 Å². The molecule has 2 rings (SSSR count). The zero-order chi connectivity index (χ0) is 17.1. The van der Waals surface area contributed by atoms with Gasteiger partial charge in [-0.05, 0) is 24.3 Å². The fourth-order valence-electron chi connectivity index (χ4n) is 1.97. The largest absolute Gasteiger partial charge is 0.439 e. The molecular formula is C15H14N4O4. The van der Waals surface area contributed by atoms with Gasteiger partial charge in [-0.1, -0.05) is 0 Å². The van der Waals surface area contributed by atoms with Crippen molar-refractivity contribution in [3.63, 3.8) is 0 Å². The maximum Gasteiger partial charge on any atom is 0.333 e. The van der Waals surface area contributed by atoms with Crippen LogP contribution >= 0.6 is 0 Å². The van der Waals surface area contributed by atoms with Crippen molar-refractivity contribution >= 4 is 5.91 Å². The second-order valence-corrected chi connectivity index (χ2v) is 4.70. The molecule has 1 N–H and O–H groups in total. The number of hydrogen-bond acceptors (Lipinski definition) is 5. The number of hydrogen-bond donors (Lipinski definition) is 1. The minimum Gasteiger partial charge on any atom is -0.439 e. The standard InChI is InChI=1S/C15H14N4O4/c1-17-12(20)9-4-6-10(7-5-9)23-14-11(8-16)13(21)18(2)15(22)19(14)3/h4-7H,1-3H3,(H,17,20). The van der Waals surface area contributed by atoms with E-state index in [0.29, 0.717) is 5.56 Å². The molecule has 0 saturated heterocycles. The second-order valence-electron chi connectivity index (χ2n) is 4.70. The predicted molar refractivity (Wildman–Crippen MR) is 81.5 cm³/mol. The molecule has 0 radical (unpaired) electrons. The normalized spacial score (nSPS) is 10.0. The van der Waals surface area contributed by atoms with Gasteiger partial charge in [0.1, 0.15) is 11.8 Å². The lowest BCUT2D eigenvalue weighted by atomic mass is 10.2. The second kappa shape index (κ2) is 6.19. The van der Waals surface area contributed by atoms with E-state index >= 15 is 0 Å². The monoisotopic (exact) mass is 314 g/mol. The van der Waals surface area contributed by atoms with Crippen LogP contribution in [0, 0.1) is 11.3 Å². The Labute approximate surface area is 131 Å². The molecule has 0 atom stereocenters. The molecule has 0 unspecified atom stereocenters. The van der Waals surface area contributed by atoms with E-state index in [2.05, 4.69) is 5.32 Å². The summed E-state index contributed by atoms with van der Waals surface area (Å²) in [4.78, 5) is 35.4. The van der Waals surface area contributed by atoms with Crippen molar-refractivity contribution in [3.8, 4) is 17.7 Å². The lowest BCUT2D eigenvalue weighted by molar-refractivity contribution is 0.0963. The third kappa shape index (κ3) is 2.85. The van der Waals surface area contributed by atoms with E-state index in [9.17, 15) is 14.4 Å². The van der Waals surface area contributed by atoms with Gasteiger partial charge in [0.05, 0.1) is 0 Å². The summed E-state index contributed by atoms with van der Waals surface area (Å²) in [5.41, 5.74) is -1.18. The molecule has 1 aromatic carbocycles. The molecule has 8 nitrogen and oxygen atoms in total.